The second-order valence-electron chi connectivity index (χ2n) is 6.74. The number of nitrogens with one attached hydrogen (secondary N) is 1. The number of amides is 1. The van der Waals surface area contributed by atoms with Crippen LogP contribution in [0.4, 0.5) is 10.1 Å². The van der Waals surface area contributed by atoms with Gasteiger partial charge in [0.15, 0.2) is 0 Å². The molecule has 0 fully saturated rings. The number of carbonyl (C=O) groups excluding carboxylic acids is 1. The number of primary sulfonamides is 1. The minimum absolute atomic E-state index is 0.00664. The molecule has 162 valence electrons. The summed E-state index contributed by atoms with van der Waals surface area (Å²) >= 11 is 6.06. The van der Waals surface area contributed by atoms with Crippen LogP contribution in [-0.2, 0) is 10.0 Å². The number of fused-ring (bicyclic) bond motifs is 1. The third kappa shape index (κ3) is 4.70. The average Bonchev–Trinajstić information content (AvgIpc) is 2.75. The number of rotatable bonds is 5. The number of nitrogens with zero attached hydrogens (tertiary/aromatic N) is 1. The lowest BCUT2D eigenvalue weighted by atomic mass is 10.1. The van der Waals surface area contributed by atoms with Gasteiger partial charge in [-0.3, -0.25) is 4.79 Å². The van der Waals surface area contributed by atoms with Crippen molar-refractivity contribution in [2.45, 2.75) is 4.90 Å². The van der Waals surface area contributed by atoms with Crippen molar-refractivity contribution in [2.24, 2.45) is 5.14 Å². The molecular formula is C22H15ClFN3O4S. The highest BCUT2D eigenvalue weighted by Crippen LogP contribution is 2.32. The van der Waals surface area contributed by atoms with Crippen LogP contribution in [0.3, 0.4) is 0 Å². The Bertz CT molecular complexity index is 1460. The highest BCUT2D eigenvalue weighted by molar-refractivity contribution is 7.89. The number of aromatic nitrogens is 1. The minimum atomic E-state index is -3.95. The van der Waals surface area contributed by atoms with Gasteiger partial charge in [0.05, 0.1) is 15.4 Å². The Labute approximate surface area is 187 Å². The van der Waals surface area contributed by atoms with E-state index in [9.17, 15) is 17.6 Å². The molecule has 3 aromatic carbocycles. The van der Waals surface area contributed by atoms with Crippen molar-refractivity contribution >= 4 is 44.1 Å². The number of ether oxygens (including phenoxy) is 1. The summed E-state index contributed by atoms with van der Waals surface area (Å²) in [5.74, 6) is -1.09. The molecule has 0 radical (unpaired) electrons. The maximum absolute atomic E-state index is 13.4. The molecular weight excluding hydrogens is 457 g/mol. The van der Waals surface area contributed by atoms with Crippen LogP contribution in [0.15, 0.2) is 77.7 Å². The van der Waals surface area contributed by atoms with Gasteiger partial charge < -0.3 is 10.1 Å². The number of benzene rings is 3. The summed E-state index contributed by atoms with van der Waals surface area (Å²) in [7, 11) is -3.95. The summed E-state index contributed by atoms with van der Waals surface area (Å²) in [6.45, 7) is 0. The summed E-state index contributed by atoms with van der Waals surface area (Å²) < 4.78 is 42.3. The van der Waals surface area contributed by atoms with E-state index in [0.717, 1.165) is 6.07 Å². The normalized spacial score (nSPS) is 11.3. The molecule has 10 heteroatoms. The van der Waals surface area contributed by atoms with Gasteiger partial charge in [-0.15, -0.1) is 0 Å². The number of sulfonamides is 1. The van der Waals surface area contributed by atoms with Crippen molar-refractivity contribution in [1.29, 1.82) is 0 Å². The summed E-state index contributed by atoms with van der Waals surface area (Å²) in [5, 5.41) is 8.45. The van der Waals surface area contributed by atoms with Crippen molar-refractivity contribution in [3.63, 3.8) is 0 Å². The SMILES string of the molecule is NS(=O)(=O)c1cccc(NC(=O)c2cc3ccccc3nc2Oc2ccc(F)cc2Cl)c1. The molecule has 0 spiro atoms. The van der Waals surface area contributed by atoms with Crippen LogP contribution in [0.5, 0.6) is 11.6 Å². The number of para-hydroxylation sites is 1. The van der Waals surface area contributed by atoms with Crippen molar-refractivity contribution in [3.8, 4) is 11.6 Å². The number of carbonyl (C=O) groups is 1. The molecule has 3 N–H and O–H groups in total. The standard InChI is InChI=1S/C22H15ClFN3O4S/c23-18-11-14(24)8-9-20(18)31-22-17(10-13-4-1-2-7-19(13)27-22)21(28)26-15-5-3-6-16(12-15)32(25,29)30/h1-12H,(H,26,28)(H2,25,29,30). The van der Waals surface area contributed by atoms with Crippen LogP contribution >= 0.6 is 11.6 Å². The summed E-state index contributed by atoms with van der Waals surface area (Å²) in [6.07, 6.45) is 0. The van der Waals surface area contributed by atoms with Gasteiger partial charge in [0.1, 0.15) is 17.1 Å². The molecule has 0 unspecified atom stereocenters. The van der Waals surface area contributed by atoms with Crippen LogP contribution in [0, 0.1) is 5.82 Å². The first-order valence-electron chi connectivity index (χ1n) is 9.17. The number of hydrogen-bond acceptors (Lipinski definition) is 5. The fraction of sp³-hybridized carbons (Fsp3) is 0. The number of anilines is 1. The highest BCUT2D eigenvalue weighted by Gasteiger charge is 2.19. The Morgan fingerprint density at radius 3 is 2.56 bits per heavy atom. The smallest absolute Gasteiger partial charge is 0.261 e. The third-order valence-corrected chi connectivity index (χ3v) is 5.66. The predicted molar refractivity (Wildman–Crippen MR) is 119 cm³/mol. The molecule has 0 bridgehead atoms. The molecule has 0 saturated heterocycles. The maximum atomic E-state index is 13.4. The van der Waals surface area contributed by atoms with Gasteiger partial charge in [-0.05, 0) is 48.5 Å². The van der Waals surface area contributed by atoms with Gasteiger partial charge >= 0.3 is 0 Å². The zero-order valence-corrected chi connectivity index (χ0v) is 17.8. The number of hydrogen-bond donors (Lipinski definition) is 2. The van der Waals surface area contributed by atoms with Crippen molar-refractivity contribution in [1.82, 2.24) is 4.98 Å². The van der Waals surface area contributed by atoms with E-state index in [2.05, 4.69) is 10.3 Å². The van der Waals surface area contributed by atoms with E-state index < -0.39 is 21.7 Å². The van der Waals surface area contributed by atoms with Gasteiger partial charge in [-0.25, -0.2) is 22.9 Å². The topological polar surface area (TPSA) is 111 Å². The molecule has 7 nitrogen and oxygen atoms in total. The molecule has 0 aliphatic carbocycles. The number of nitrogens with two attached hydrogens (primary N) is 1. The summed E-state index contributed by atoms with van der Waals surface area (Å²) in [6, 6.07) is 17.7. The van der Waals surface area contributed by atoms with E-state index in [1.807, 2.05) is 0 Å². The molecule has 4 aromatic rings. The van der Waals surface area contributed by atoms with Gasteiger partial charge in [0.25, 0.3) is 5.91 Å². The Hall–Kier alpha value is -3.53. The van der Waals surface area contributed by atoms with Crippen LogP contribution < -0.4 is 15.2 Å². The van der Waals surface area contributed by atoms with Crippen molar-refractivity contribution in [2.75, 3.05) is 5.32 Å². The Morgan fingerprint density at radius 1 is 1.03 bits per heavy atom. The third-order valence-electron chi connectivity index (χ3n) is 4.45. The number of halogens is 2. The monoisotopic (exact) mass is 471 g/mol. The highest BCUT2D eigenvalue weighted by atomic mass is 35.5. The van der Waals surface area contributed by atoms with Crippen molar-refractivity contribution in [3.05, 3.63) is 89.2 Å². The molecule has 0 aliphatic heterocycles. The van der Waals surface area contributed by atoms with Gasteiger partial charge in [-0.2, -0.15) is 0 Å². The first kappa shape index (κ1) is 21.7. The lowest BCUT2D eigenvalue weighted by Gasteiger charge is -2.13. The lowest BCUT2D eigenvalue weighted by molar-refractivity contribution is 0.102. The van der Waals surface area contributed by atoms with E-state index in [1.165, 1.54) is 36.4 Å². The van der Waals surface area contributed by atoms with Crippen LogP contribution in [0.25, 0.3) is 10.9 Å². The summed E-state index contributed by atoms with van der Waals surface area (Å²) in [4.78, 5) is 17.3. The number of pyridine rings is 1. The van der Waals surface area contributed by atoms with E-state index in [1.54, 1.807) is 30.3 Å². The second-order valence-corrected chi connectivity index (χ2v) is 8.71. The van der Waals surface area contributed by atoms with Gasteiger partial charge in [0.2, 0.25) is 15.9 Å². The quantitative estimate of drug-likeness (QED) is 0.437. The second kappa shape index (κ2) is 8.54. The molecule has 0 atom stereocenters. The van der Waals surface area contributed by atoms with Crippen molar-refractivity contribution < 1.29 is 22.3 Å². The van der Waals surface area contributed by atoms with E-state index >= 15 is 0 Å². The van der Waals surface area contributed by atoms with E-state index in [4.69, 9.17) is 21.5 Å². The van der Waals surface area contributed by atoms with Gasteiger partial charge in [-0.1, -0.05) is 35.9 Å². The fourth-order valence-corrected chi connectivity index (χ4v) is 3.72. The largest absolute Gasteiger partial charge is 0.437 e. The molecule has 32 heavy (non-hydrogen) atoms. The van der Waals surface area contributed by atoms with E-state index in [0.29, 0.717) is 10.9 Å². The van der Waals surface area contributed by atoms with Crippen LogP contribution in [0.2, 0.25) is 5.02 Å². The Morgan fingerprint density at radius 2 is 1.81 bits per heavy atom. The molecule has 0 aliphatic rings. The summed E-state index contributed by atoms with van der Waals surface area (Å²) in [5.41, 5.74) is 0.832. The average molecular weight is 472 g/mol. The van der Waals surface area contributed by atoms with Crippen LogP contribution in [0.1, 0.15) is 10.4 Å². The zero-order chi connectivity index (χ0) is 22.9. The Kier molecular flexibility index (Phi) is 5.79. The first-order valence-corrected chi connectivity index (χ1v) is 11.1. The molecule has 0 saturated carbocycles. The first-order chi connectivity index (χ1) is 15.2. The minimum Gasteiger partial charge on any atom is -0.437 e. The lowest BCUT2D eigenvalue weighted by Crippen LogP contribution is -2.16. The molecule has 1 heterocycles. The van der Waals surface area contributed by atoms with Gasteiger partial charge in [0, 0.05) is 11.1 Å². The Balaban J connectivity index is 1.75. The van der Waals surface area contributed by atoms with E-state index in [-0.39, 0.29) is 32.8 Å². The fourth-order valence-electron chi connectivity index (χ4n) is 2.95. The molecule has 1 amide bonds. The predicted octanol–water partition coefficient (Wildman–Crippen LogP) is 4.72. The molecule has 1 aromatic heterocycles. The maximum Gasteiger partial charge on any atom is 0.261 e. The zero-order valence-electron chi connectivity index (χ0n) is 16.2. The van der Waals surface area contributed by atoms with Crippen LogP contribution in [-0.4, -0.2) is 19.3 Å². The molecule has 4 rings (SSSR count).